The molecule has 2 rings (SSSR count). The molecule has 1 atom stereocenters. The normalized spacial score (nSPS) is 19.7. The number of rotatable bonds is 1. The molecule has 0 radical (unpaired) electrons. The summed E-state index contributed by atoms with van der Waals surface area (Å²) in [4.78, 5) is 13.9. The van der Waals surface area contributed by atoms with Crippen molar-refractivity contribution in [1.82, 2.24) is 9.47 Å². The van der Waals surface area contributed by atoms with Crippen molar-refractivity contribution in [2.75, 3.05) is 13.1 Å². The highest BCUT2D eigenvalue weighted by Crippen LogP contribution is 2.17. The predicted octanol–water partition coefficient (Wildman–Crippen LogP) is 1.38. The first-order chi connectivity index (χ1) is 7.08. The number of likely N-dealkylation sites (tertiary alicyclic amines) is 1. The van der Waals surface area contributed by atoms with Crippen molar-refractivity contribution < 1.29 is 4.79 Å². The van der Waals surface area contributed by atoms with Crippen LogP contribution < -0.4 is 5.73 Å². The van der Waals surface area contributed by atoms with Crippen LogP contribution >= 0.6 is 28.3 Å². The van der Waals surface area contributed by atoms with E-state index in [1.54, 1.807) is 0 Å². The third kappa shape index (κ3) is 2.59. The van der Waals surface area contributed by atoms with Crippen molar-refractivity contribution in [2.45, 2.75) is 12.5 Å². The third-order valence-corrected chi connectivity index (χ3v) is 3.14. The van der Waals surface area contributed by atoms with Crippen LogP contribution in [0.3, 0.4) is 0 Å². The number of hydrogen-bond donors (Lipinski definition) is 1. The Labute approximate surface area is 109 Å². The van der Waals surface area contributed by atoms with E-state index in [1.165, 1.54) is 0 Å². The number of nitrogens with zero attached hydrogens (tertiary/aromatic N) is 2. The number of halogens is 2. The van der Waals surface area contributed by atoms with Gasteiger partial charge in [0.15, 0.2) is 0 Å². The Balaban J connectivity index is 0.00000128. The summed E-state index contributed by atoms with van der Waals surface area (Å²) < 4.78 is 2.76. The lowest BCUT2D eigenvalue weighted by atomic mass is 10.3. The van der Waals surface area contributed by atoms with Crippen molar-refractivity contribution >= 4 is 34.2 Å². The zero-order valence-corrected chi connectivity index (χ0v) is 11.4. The average molecular weight is 309 g/mol. The molecule has 1 aliphatic heterocycles. The lowest BCUT2D eigenvalue weighted by Gasteiger charge is -2.15. The molecular weight excluding hydrogens is 293 g/mol. The van der Waals surface area contributed by atoms with E-state index < -0.39 is 0 Å². The molecule has 1 amide bonds. The number of amides is 1. The highest BCUT2D eigenvalue weighted by Gasteiger charge is 2.25. The molecule has 0 aliphatic carbocycles. The molecule has 1 fully saturated rings. The lowest BCUT2D eigenvalue weighted by molar-refractivity contribution is 0.0781. The Morgan fingerprint density at radius 2 is 2.31 bits per heavy atom. The predicted molar refractivity (Wildman–Crippen MR) is 68.9 cm³/mol. The highest BCUT2D eigenvalue weighted by molar-refractivity contribution is 9.10. The second-order valence-electron chi connectivity index (χ2n) is 3.95. The van der Waals surface area contributed by atoms with Crippen molar-refractivity contribution in [3.63, 3.8) is 0 Å². The van der Waals surface area contributed by atoms with Crippen LogP contribution in [0, 0.1) is 0 Å². The quantitative estimate of drug-likeness (QED) is 0.852. The fourth-order valence-corrected chi connectivity index (χ4v) is 2.39. The maximum absolute atomic E-state index is 12.1. The molecule has 90 valence electrons. The van der Waals surface area contributed by atoms with Gasteiger partial charge >= 0.3 is 0 Å². The van der Waals surface area contributed by atoms with E-state index in [4.69, 9.17) is 5.73 Å². The van der Waals surface area contributed by atoms with Crippen LogP contribution in [0.1, 0.15) is 16.9 Å². The van der Waals surface area contributed by atoms with Gasteiger partial charge in [-0.05, 0) is 28.4 Å². The van der Waals surface area contributed by atoms with Gasteiger partial charge in [-0.25, -0.2) is 0 Å². The molecule has 0 bridgehead atoms. The minimum absolute atomic E-state index is 0. The summed E-state index contributed by atoms with van der Waals surface area (Å²) in [6, 6.07) is 1.98. The number of hydrogen-bond acceptors (Lipinski definition) is 2. The molecule has 0 unspecified atom stereocenters. The molecule has 2 N–H and O–H groups in total. The largest absolute Gasteiger partial charge is 0.345 e. The first-order valence-corrected chi connectivity index (χ1v) is 5.74. The van der Waals surface area contributed by atoms with E-state index >= 15 is 0 Å². The molecule has 1 aromatic rings. The molecule has 2 heterocycles. The summed E-state index contributed by atoms with van der Waals surface area (Å²) >= 11 is 3.36. The summed E-state index contributed by atoms with van der Waals surface area (Å²) in [5, 5.41) is 0. The van der Waals surface area contributed by atoms with Gasteiger partial charge in [0.05, 0.1) is 0 Å². The fraction of sp³-hybridized carbons (Fsp3) is 0.500. The first-order valence-electron chi connectivity index (χ1n) is 4.94. The fourth-order valence-electron chi connectivity index (χ4n) is 1.87. The van der Waals surface area contributed by atoms with Gasteiger partial charge in [0, 0.05) is 36.8 Å². The molecule has 1 aromatic heterocycles. The van der Waals surface area contributed by atoms with Gasteiger partial charge in [0.25, 0.3) is 5.91 Å². The number of carbonyl (C=O) groups is 1. The zero-order chi connectivity index (χ0) is 11.0. The van der Waals surface area contributed by atoms with Crippen LogP contribution in [0.25, 0.3) is 0 Å². The number of carbonyl (C=O) groups excluding carboxylic acids is 1. The van der Waals surface area contributed by atoms with Gasteiger partial charge in [0.2, 0.25) is 0 Å². The Hall–Kier alpha value is -0.520. The Morgan fingerprint density at radius 3 is 2.75 bits per heavy atom. The lowest BCUT2D eigenvalue weighted by Crippen LogP contribution is -2.32. The molecule has 0 saturated carbocycles. The summed E-state index contributed by atoms with van der Waals surface area (Å²) in [6.07, 6.45) is 2.78. The van der Waals surface area contributed by atoms with Crippen molar-refractivity contribution in [3.05, 3.63) is 22.4 Å². The van der Waals surface area contributed by atoms with E-state index in [0.717, 1.165) is 17.4 Å². The van der Waals surface area contributed by atoms with E-state index in [1.807, 2.05) is 28.8 Å². The monoisotopic (exact) mass is 307 g/mol. The highest BCUT2D eigenvalue weighted by atomic mass is 79.9. The van der Waals surface area contributed by atoms with Crippen molar-refractivity contribution in [2.24, 2.45) is 12.8 Å². The van der Waals surface area contributed by atoms with Crippen LogP contribution in [0.5, 0.6) is 0 Å². The second kappa shape index (κ2) is 5.21. The van der Waals surface area contributed by atoms with Gasteiger partial charge in [-0.2, -0.15) is 0 Å². The van der Waals surface area contributed by atoms with E-state index in [2.05, 4.69) is 15.9 Å². The molecule has 1 aliphatic rings. The molecule has 6 heteroatoms. The summed E-state index contributed by atoms with van der Waals surface area (Å²) in [7, 11) is 1.87. The van der Waals surface area contributed by atoms with E-state index in [-0.39, 0.29) is 24.4 Å². The standard InChI is InChI=1S/C10H14BrN3O.ClH/c1-13-5-7(11)4-9(13)10(15)14-3-2-8(12)6-14;/h4-5,8H,2-3,6,12H2,1H3;1H/t8-;/m1./s1. The van der Waals surface area contributed by atoms with Crippen LogP contribution in [-0.4, -0.2) is 34.5 Å². The number of aryl methyl sites for hydroxylation is 1. The maximum Gasteiger partial charge on any atom is 0.270 e. The van der Waals surface area contributed by atoms with Crippen molar-refractivity contribution in [3.8, 4) is 0 Å². The summed E-state index contributed by atoms with van der Waals surface area (Å²) in [5.74, 6) is 0.0659. The van der Waals surface area contributed by atoms with Gasteiger partial charge in [-0.15, -0.1) is 12.4 Å². The average Bonchev–Trinajstić information content (AvgIpc) is 2.71. The molecule has 1 saturated heterocycles. The van der Waals surface area contributed by atoms with Crippen LogP contribution in [-0.2, 0) is 7.05 Å². The van der Waals surface area contributed by atoms with Crippen LogP contribution in [0.15, 0.2) is 16.7 Å². The first kappa shape index (κ1) is 13.5. The molecule has 0 spiro atoms. The maximum atomic E-state index is 12.1. The topological polar surface area (TPSA) is 51.3 Å². The Bertz CT molecular complexity index is 393. The summed E-state index contributed by atoms with van der Waals surface area (Å²) in [5.41, 5.74) is 6.48. The molecular formula is C10H15BrClN3O. The van der Waals surface area contributed by atoms with Crippen LogP contribution in [0.4, 0.5) is 0 Å². The number of aromatic nitrogens is 1. The Morgan fingerprint density at radius 1 is 1.62 bits per heavy atom. The van der Waals surface area contributed by atoms with Gasteiger partial charge in [-0.1, -0.05) is 0 Å². The minimum Gasteiger partial charge on any atom is -0.345 e. The van der Waals surface area contributed by atoms with Gasteiger partial charge in [-0.3, -0.25) is 4.79 Å². The smallest absolute Gasteiger partial charge is 0.270 e. The van der Waals surface area contributed by atoms with E-state index in [0.29, 0.717) is 12.2 Å². The van der Waals surface area contributed by atoms with Crippen LogP contribution in [0.2, 0.25) is 0 Å². The Kier molecular flexibility index (Phi) is 4.41. The molecule has 0 aromatic carbocycles. The minimum atomic E-state index is 0. The van der Waals surface area contributed by atoms with Crippen molar-refractivity contribution in [1.29, 1.82) is 0 Å². The van der Waals surface area contributed by atoms with Gasteiger partial charge in [0.1, 0.15) is 5.69 Å². The van der Waals surface area contributed by atoms with E-state index in [9.17, 15) is 4.79 Å². The zero-order valence-electron chi connectivity index (χ0n) is 9.02. The third-order valence-electron chi connectivity index (χ3n) is 2.70. The number of nitrogens with two attached hydrogens (primary N) is 1. The SMILES string of the molecule is Cl.Cn1cc(Br)cc1C(=O)N1CC[C@@H](N)C1. The molecule has 16 heavy (non-hydrogen) atoms. The summed E-state index contributed by atoms with van der Waals surface area (Å²) in [6.45, 7) is 1.43. The van der Waals surface area contributed by atoms with Gasteiger partial charge < -0.3 is 15.2 Å². The molecule has 4 nitrogen and oxygen atoms in total. The second-order valence-corrected chi connectivity index (χ2v) is 4.87.